The number of benzene rings is 1. The van der Waals surface area contributed by atoms with Gasteiger partial charge < -0.3 is 0 Å². The van der Waals surface area contributed by atoms with E-state index in [9.17, 15) is 8.42 Å². The third-order valence-electron chi connectivity index (χ3n) is 3.05. The molecule has 0 radical (unpaired) electrons. The summed E-state index contributed by atoms with van der Waals surface area (Å²) in [6, 6.07) is 4.55. The monoisotopic (exact) mass is 381 g/mol. The van der Waals surface area contributed by atoms with Gasteiger partial charge in [-0.1, -0.05) is 44.2 Å². The molecule has 1 unspecified atom stereocenters. The van der Waals surface area contributed by atoms with E-state index in [0.717, 1.165) is 19.3 Å². The second kappa shape index (κ2) is 8.37. The molecular formula is C14H21BrClNO2S. The van der Waals surface area contributed by atoms with E-state index >= 15 is 0 Å². The van der Waals surface area contributed by atoms with Crippen molar-refractivity contribution in [2.24, 2.45) is 0 Å². The molecule has 1 aromatic rings. The molecule has 1 aromatic carbocycles. The van der Waals surface area contributed by atoms with Crippen LogP contribution in [-0.4, -0.2) is 14.5 Å². The van der Waals surface area contributed by atoms with E-state index in [1.165, 1.54) is 25.0 Å². The van der Waals surface area contributed by atoms with Crippen LogP contribution in [0, 0.1) is 0 Å². The van der Waals surface area contributed by atoms with Crippen LogP contribution in [0.2, 0.25) is 5.02 Å². The maximum atomic E-state index is 12.2. The topological polar surface area (TPSA) is 46.2 Å². The normalized spacial score (nSPS) is 13.4. The third-order valence-corrected chi connectivity index (χ3v) is 5.85. The van der Waals surface area contributed by atoms with Crippen LogP contribution in [0.5, 0.6) is 0 Å². The molecule has 20 heavy (non-hydrogen) atoms. The highest BCUT2D eigenvalue weighted by Crippen LogP contribution is 2.25. The quantitative estimate of drug-likeness (QED) is 0.660. The van der Waals surface area contributed by atoms with Crippen LogP contribution in [0.25, 0.3) is 0 Å². The Bertz CT molecular complexity index is 534. The molecule has 0 bridgehead atoms. The summed E-state index contributed by atoms with van der Waals surface area (Å²) in [6.07, 6.45) is 5.42. The fourth-order valence-corrected chi connectivity index (χ4v) is 3.86. The van der Waals surface area contributed by atoms with Gasteiger partial charge in [0.25, 0.3) is 0 Å². The predicted octanol–water partition coefficient (Wildman–Crippen LogP) is 4.74. The van der Waals surface area contributed by atoms with Gasteiger partial charge >= 0.3 is 0 Å². The third kappa shape index (κ3) is 5.72. The fourth-order valence-electron chi connectivity index (χ4n) is 1.91. The molecule has 0 aliphatic heterocycles. The lowest BCUT2D eigenvalue weighted by Gasteiger charge is -2.14. The van der Waals surface area contributed by atoms with Crippen LogP contribution in [0.1, 0.15) is 46.0 Å². The van der Waals surface area contributed by atoms with E-state index in [1.54, 1.807) is 6.07 Å². The number of sulfonamides is 1. The zero-order valence-electron chi connectivity index (χ0n) is 11.8. The summed E-state index contributed by atoms with van der Waals surface area (Å²) in [5, 5.41) is 0.497. The first kappa shape index (κ1) is 18.0. The Balaban J connectivity index is 2.62. The number of hydrogen-bond donors (Lipinski definition) is 1. The van der Waals surface area contributed by atoms with E-state index in [4.69, 9.17) is 11.6 Å². The molecule has 0 saturated carbocycles. The molecule has 0 aliphatic carbocycles. The molecule has 6 heteroatoms. The van der Waals surface area contributed by atoms with Crippen molar-refractivity contribution >= 4 is 37.6 Å². The average molecular weight is 383 g/mol. The largest absolute Gasteiger partial charge is 0.240 e. The Morgan fingerprint density at radius 1 is 1.30 bits per heavy atom. The van der Waals surface area contributed by atoms with Gasteiger partial charge in [0.2, 0.25) is 10.0 Å². The van der Waals surface area contributed by atoms with Crippen molar-refractivity contribution in [2.45, 2.75) is 56.9 Å². The van der Waals surface area contributed by atoms with Crippen molar-refractivity contribution in [1.29, 1.82) is 0 Å². The molecule has 0 fully saturated rings. The van der Waals surface area contributed by atoms with Crippen molar-refractivity contribution in [2.75, 3.05) is 0 Å². The highest BCUT2D eigenvalue weighted by molar-refractivity contribution is 9.10. The highest BCUT2D eigenvalue weighted by Gasteiger charge is 2.18. The molecule has 0 spiro atoms. The molecule has 0 heterocycles. The molecule has 0 saturated heterocycles. The molecule has 0 amide bonds. The van der Waals surface area contributed by atoms with Gasteiger partial charge in [-0.2, -0.15) is 0 Å². The van der Waals surface area contributed by atoms with E-state index in [1.807, 2.05) is 6.92 Å². The van der Waals surface area contributed by atoms with Gasteiger partial charge in [-0.15, -0.1) is 0 Å². The van der Waals surface area contributed by atoms with Gasteiger partial charge in [-0.05, 0) is 47.5 Å². The molecule has 0 aromatic heterocycles. The fraction of sp³-hybridized carbons (Fsp3) is 0.571. The van der Waals surface area contributed by atoms with Crippen molar-refractivity contribution in [1.82, 2.24) is 4.72 Å². The van der Waals surface area contributed by atoms with Gasteiger partial charge in [0.1, 0.15) is 0 Å². The summed E-state index contributed by atoms with van der Waals surface area (Å²) in [4.78, 5) is 0.231. The standard InChI is InChI=1S/C14H21BrClNO2S/c1-3-4-5-6-7-11(2)17-20(18,19)12-8-9-14(16)13(15)10-12/h8-11,17H,3-7H2,1-2H3. The average Bonchev–Trinajstić information content (AvgIpc) is 2.37. The smallest absolute Gasteiger partial charge is 0.208 e. The lowest BCUT2D eigenvalue weighted by atomic mass is 10.1. The minimum absolute atomic E-state index is 0.0636. The maximum absolute atomic E-state index is 12.2. The molecule has 1 atom stereocenters. The Morgan fingerprint density at radius 3 is 2.60 bits per heavy atom. The Kier molecular flexibility index (Phi) is 7.51. The van der Waals surface area contributed by atoms with Crippen molar-refractivity contribution in [3.63, 3.8) is 0 Å². The molecule has 114 valence electrons. The molecule has 1 rings (SSSR count). The van der Waals surface area contributed by atoms with Crippen LogP contribution in [-0.2, 0) is 10.0 Å². The van der Waals surface area contributed by atoms with Crippen LogP contribution in [0.15, 0.2) is 27.6 Å². The molecular weight excluding hydrogens is 362 g/mol. The van der Waals surface area contributed by atoms with E-state index < -0.39 is 10.0 Å². The first-order valence-electron chi connectivity index (χ1n) is 6.84. The summed E-state index contributed by atoms with van der Waals surface area (Å²) in [5.41, 5.74) is 0. The first-order valence-corrected chi connectivity index (χ1v) is 9.49. The summed E-state index contributed by atoms with van der Waals surface area (Å²) >= 11 is 9.11. The number of unbranched alkanes of at least 4 members (excludes halogenated alkanes) is 3. The van der Waals surface area contributed by atoms with Gasteiger partial charge in [-0.25, -0.2) is 13.1 Å². The van der Waals surface area contributed by atoms with E-state index in [-0.39, 0.29) is 10.9 Å². The Hall–Kier alpha value is -0.100. The second-order valence-corrected chi connectivity index (χ2v) is 7.92. The van der Waals surface area contributed by atoms with E-state index in [0.29, 0.717) is 9.50 Å². The SMILES string of the molecule is CCCCCCC(C)NS(=O)(=O)c1ccc(Cl)c(Br)c1. The van der Waals surface area contributed by atoms with Crippen molar-refractivity contribution < 1.29 is 8.42 Å². The second-order valence-electron chi connectivity index (χ2n) is 4.95. The zero-order chi connectivity index (χ0) is 15.2. The highest BCUT2D eigenvalue weighted by atomic mass is 79.9. The molecule has 0 aliphatic rings. The minimum Gasteiger partial charge on any atom is -0.208 e. The van der Waals surface area contributed by atoms with Crippen LogP contribution < -0.4 is 4.72 Å². The maximum Gasteiger partial charge on any atom is 0.240 e. The summed E-state index contributed by atoms with van der Waals surface area (Å²) in [5.74, 6) is 0. The lowest BCUT2D eigenvalue weighted by Crippen LogP contribution is -2.32. The molecule has 3 nitrogen and oxygen atoms in total. The van der Waals surface area contributed by atoms with Crippen LogP contribution in [0.4, 0.5) is 0 Å². The summed E-state index contributed by atoms with van der Waals surface area (Å²) < 4.78 is 27.7. The summed E-state index contributed by atoms with van der Waals surface area (Å²) in [7, 11) is -3.48. The first-order chi connectivity index (χ1) is 9.36. The Morgan fingerprint density at radius 2 is 2.00 bits per heavy atom. The van der Waals surface area contributed by atoms with Crippen molar-refractivity contribution in [3.05, 3.63) is 27.7 Å². The molecule has 1 N–H and O–H groups in total. The zero-order valence-corrected chi connectivity index (χ0v) is 15.0. The van der Waals surface area contributed by atoms with Gasteiger partial charge in [0.05, 0.1) is 9.92 Å². The van der Waals surface area contributed by atoms with Gasteiger partial charge in [-0.3, -0.25) is 0 Å². The van der Waals surface area contributed by atoms with Crippen LogP contribution in [0.3, 0.4) is 0 Å². The number of halogens is 2. The van der Waals surface area contributed by atoms with Gasteiger partial charge in [0, 0.05) is 10.5 Å². The van der Waals surface area contributed by atoms with E-state index in [2.05, 4.69) is 27.6 Å². The van der Waals surface area contributed by atoms with Gasteiger partial charge in [0.15, 0.2) is 0 Å². The number of nitrogens with one attached hydrogen (secondary N) is 1. The number of hydrogen-bond acceptors (Lipinski definition) is 2. The summed E-state index contributed by atoms with van der Waals surface area (Å²) in [6.45, 7) is 4.05. The lowest BCUT2D eigenvalue weighted by molar-refractivity contribution is 0.522. The van der Waals surface area contributed by atoms with Crippen molar-refractivity contribution in [3.8, 4) is 0 Å². The number of rotatable bonds is 8. The Labute approximate surface area is 135 Å². The predicted molar refractivity (Wildman–Crippen MR) is 87.7 cm³/mol. The minimum atomic E-state index is -3.48. The van der Waals surface area contributed by atoms with Crippen LogP contribution >= 0.6 is 27.5 Å².